The van der Waals surface area contributed by atoms with E-state index in [2.05, 4.69) is 20.3 Å². The highest BCUT2D eigenvalue weighted by atomic mass is 16.3. The topological polar surface area (TPSA) is 112 Å². The minimum absolute atomic E-state index is 0.0301. The van der Waals surface area contributed by atoms with Crippen LogP contribution in [0.15, 0.2) is 47.6 Å². The number of furan rings is 1. The van der Waals surface area contributed by atoms with Gasteiger partial charge in [0.25, 0.3) is 5.91 Å². The quantitative estimate of drug-likeness (QED) is 0.664. The van der Waals surface area contributed by atoms with Gasteiger partial charge >= 0.3 is 0 Å². The Labute approximate surface area is 132 Å². The van der Waals surface area contributed by atoms with Crippen LogP contribution < -0.4 is 11.1 Å². The molecule has 8 heteroatoms. The van der Waals surface area contributed by atoms with Gasteiger partial charge in [0, 0.05) is 25.5 Å². The summed E-state index contributed by atoms with van der Waals surface area (Å²) in [6.45, 7) is 1.31. The second kappa shape index (κ2) is 6.73. The van der Waals surface area contributed by atoms with Gasteiger partial charge in [-0.3, -0.25) is 4.79 Å². The van der Waals surface area contributed by atoms with Crippen molar-refractivity contribution < 1.29 is 9.21 Å². The first-order valence-electron chi connectivity index (χ1n) is 7.15. The number of nitrogen functional groups attached to an aromatic ring is 1. The van der Waals surface area contributed by atoms with E-state index in [9.17, 15) is 4.79 Å². The predicted octanol–water partition coefficient (Wildman–Crippen LogP) is 1.34. The van der Waals surface area contributed by atoms with Gasteiger partial charge in [0.1, 0.15) is 11.4 Å². The summed E-state index contributed by atoms with van der Waals surface area (Å²) in [4.78, 5) is 24.2. The first kappa shape index (κ1) is 14.8. The zero-order chi connectivity index (χ0) is 16.1. The fourth-order valence-electron chi connectivity index (χ4n) is 2.11. The predicted molar refractivity (Wildman–Crippen MR) is 83.3 cm³/mol. The molecule has 0 saturated carbocycles. The van der Waals surface area contributed by atoms with Crippen molar-refractivity contribution in [3.63, 3.8) is 0 Å². The van der Waals surface area contributed by atoms with Crippen molar-refractivity contribution in [2.24, 2.45) is 0 Å². The molecule has 0 aliphatic heterocycles. The van der Waals surface area contributed by atoms with Crippen molar-refractivity contribution in [3.05, 3.63) is 48.9 Å². The van der Waals surface area contributed by atoms with Crippen LogP contribution in [0.3, 0.4) is 0 Å². The Hall–Kier alpha value is -3.16. The van der Waals surface area contributed by atoms with Gasteiger partial charge in [0.2, 0.25) is 5.95 Å². The Morgan fingerprint density at radius 1 is 1.39 bits per heavy atom. The van der Waals surface area contributed by atoms with Crippen LogP contribution >= 0.6 is 0 Å². The second-order valence-corrected chi connectivity index (χ2v) is 4.88. The molecule has 3 aromatic heterocycles. The number of amides is 1. The number of aryl methyl sites for hydroxylation is 1. The third kappa shape index (κ3) is 3.73. The number of anilines is 1. The van der Waals surface area contributed by atoms with Crippen molar-refractivity contribution >= 4 is 11.9 Å². The highest BCUT2D eigenvalue weighted by molar-refractivity contribution is 5.93. The largest absolute Gasteiger partial charge is 0.463 e. The Morgan fingerprint density at radius 3 is 3.04 bits per heavy atom. The molecule has 0 radical (unpaired) electrons. The van der Waals surface area contributed by atoms with Gasteiger partial charge in [-0.05, 0) is 24.6 Å². The highest BCUT2D eigenvalue weighted by Gasteiger charge is 2.12. The molecule has 3 N–H and O–H groups in total. The van der Waals surface area contributed by atoms with Crippen LogP contribution in [-0.4, -0.2) is 32.0 Å². The number of carbonyl (C=O) groups excluding carboxylic acids is 1. The number of nitrogens with one attached hydrogen (secondary N) is 1. The summed E-state index contributed by atoms with van der Waals surface area (Å²) in [5.41, 5.74) is 6.36. The summed E-state index contributed by atoms with van der Waals surface area (Å²) in [5.74, 6) is 0.272. The molecule has 0 bridgehead atoms. The number of imidazole rings is 1. The molecule has 0 spiro atoms. The number of nitrogens with zero attached hydrogens (tertiary/aromatic N) is 4. The van der Waals surface area contributed by atoms with Crippen LogP contribution in [0.4, 0.5) is 5.95 Å². The molecule has 8 nitrogen and oxygen atoms in total. The van der Waals surface area contributed by atoms with Crippen molar-refractivity contribution in [2.75, 3.05) is 12.3 Å². The molecule has 0 aromatic carbocycles. The molecule has 0 aliphatic rings. The zero-order valence-corrected chi connectivity index (χ0v) is 12.3. The van der Waals surface area contributed by atoms with Crippen LogP contribution in [0.25, 0.3) is 11.5 Å². The normalized spacial score (nSPS) is 10.6. The van der Waals surface area contributed by atoms with Crippen molar-refractivity contribution in [2.45, 2.75) is 13.0 Å². The molecule has 0 saturated heterocycles. The van der Waals surface area contributed by atoms with Crippen LogP contribution in [0.5, 0.6) is 0 Å². The maximum absolute atomic E-state index is 12.2. The maximum Gasteiger partial charge on any atom is 0.270 e. The monoisotopic (exact) mass is 312 g/mol. The standard InChI is InChI=1S/C15H16N6O2/c16-15-19-11(13-3-1-8-23-13)9-12(20-15)14(22)18-4-2-6-21-7-5-17-10-21/h1,3,5,7-10H,2,4,6H2,(H,18,22)(H2,16,19,20). The first-order chi connectivity index (χ1) is 11.2. The fourth-order valence-corrected chi connectivity index (χ4v) is 2.11. The fraction of sp³-hybridized carbons (Fsp3) is 0.200. The Kier molecular flexibility index (Phi) is 4.32. The van der Waals surface area contributed by atoms with Crippen molar-refractivity contribution in [1.29, 1.82) is 0 Å². The molecule has 3 heterocycles. The molecule has 0 atom stereocenters. The molecule has 3 rings (SSSR count). The lowest BCUT2D eigenvalue weighted by Crippen LogP contribution is -2.26. The Morgan fingerprint density at radius 2 is 2.30 bits per heavy atom. The summed E-state index contributed by atoms with van der Waals surface area (Å²) in [7, 11) is 0. The van der Waals surface area contributed by atoms with Gasteiger partial charge in [0.15, 0.2) is 5.76 Å². The van der Waals surface area contributed by atoms with Gasteiger partial charge in [-0.15, -0.1) is 0 Å². The van der Waals surface area contributed by atoms with E-state index in [0.29, 0.717) is 18.0 Å². The molecule has 0 unspecified atom stereocenters. The highest BCUT2D eigenvalue weighted by Crippen LogP contribution is 2.18. The second-order valence-electron chi connectivity index (χ2n) is 4.88. The van der Waals surface area contributed by atoms with Gasteiger partial charge in [-0.2, -0.15) is 0 Å². The van der Waals surface area contributed by atoms with E-state index in [-0.39, 0.29) is 17.5 Å². The number of aromatic nitrogens is 4. The maximum atomic E-state index is 12.2. The molecular formula is C15H16N6O2. The van der Waals surface area contributed by atoms with Crippen molar-refractivity contribution in [3.8, 4) is 11.5 Å². The number of carbonyl (C=O) groups is 1. The van der Waals surface area contributed by atoms with E-state index < -0.39 is 0 Å². The average Bonchev–Trinajstić information content (AvgIpc) is 3.24. The number of nitrogens with two attached hydrogens (primary N) is 1. The first-order valence-corrected chi connectivity index (χ1v) is 7.15. The summed E-state index contributed by atoms with van der Waals surface area (Å²) in [6, 6.07) is 5.04. The van der Waals surface area contributed by atoms with E-state index in [1.54, 1.807) is 30.7 Å². The Bertz CT molecular complexity index is 767. The number of rotatable bonds is 6. The van der Waals surface area contributed by atoms with Crippen molar-refractivity contribution in [1.82, 2.24) is 24.8 Å². The zero-order valence-electron chi connectivity index (χ0n) is 12.3. The number of hydrogen-bond acceptors (Lipinski definition) is 6. The molecule has 1 amide bonds. The minimum atomic E-state index is -0.294. The molecular weight excluding hydrogens is 296 g/mol. The van der Waals surface area contributed by atoms with E-state index in [1.165, 1.54) is 6.26 Å². The summed E-state index contributed by atoms with van der Waals surface area (Å²) in [6.07, 6.45) is 7.65. The van der Waals surface area contributed by atoms with Crippen LogP contribution in [0.2, 0.25) is 0 Å². The minimum Gasteiger partial charge on any atom is -0.463 e. The average molecular weight is 312 g/mol. The molecule has 118 valence electrons. The molecule has 3 aromatic rings. The Balaban J connectivity index is 1.60. The molecule has 23 heavy (non-hydrogen) atoms. The van der Waals surface area contributed by atoms with Gasteiger partial charge in [-0.1, -0.05) is 0 Å². The van der Waals surface area contributed by atoms with Gasteiger partial charge in [0.05, 0.1) is 12.6 Å². The lowest BCUT2D eigenvalue weighted by atomic mass is 10.2. The van der Waals surface area contributed by atoms with E-state index in [0.717, 1.165) is 13.0 Å². The third-order valence-electron chi connectivity index (χ3n) is 3.19. The van der Waals surface area contributed by atoms with E-state index >= 15 is 0 Å². The van der Waals surface area contributed by atoms with Gasteiger partial charge < -0.3 is 20.0 Å². The summed E-state index contributed by atoms with van der Waals surface area (Å²) in [5, 5.41) is 2.81. The SMILES string of the molecule is Nc1nc(C(=O)NCCCn2ccnc2)cc(-c2ccco2)n1. The van der Waals surface area contributed by atoms with E-state index in [4.69, 9.17) is 10.2 Å². The summed E-state index contributed by atoms with van der Waals surface area (Å²) >= 11 is 0. The van der Waals surface area contributed by atoms with Crippen LogP contribution in [0, 0.1) is 0 Å². The summed E-state index contributed by atoms with van der Waals surface area (Å²) < 4.78 is 7.21. The third-order valence-corrected chi connectivity index (χ3v) is 3.19. The molecule has 0 aliphatic carbocycles. The lowest BCUT2D eigenvalue weighted by molar-refractivity contribution is 0.0948. The van der Waals surface area contributed by atoms with Gasteiger partial charge in [-0.25, -0.2) is 15.0 Å². The van der Waals surface area contributed by atoms with E-state index in [1.807, 2.05) is 10.8 Å². The number of hydrogen-bond donors (Lipinski definition) is 2. The molecule has 0 fully saturated rings. The smallest absolute Gasteiger partial charge is 0.270 e. The van der Waals surface area contributed by atoms with Crippen LogP contribution in [0.1, 0.15) is 16.9 Å². The lowest BCUT2D eigenvalue weighted by Gasteiger charge is -2.07. The van der Waals surface area contributed by atoms with Crippen LogP contribution in [-0.2, 0) is 6.54 Å².